The van der Waals surface area contributed by atoms with Gasteiger partial charge in [-0.1, -0.05) is 13.8 Å². The predicted octanol–water partition coefficient (Wildman–Crippen LogP) is 3.88. The molecule has 1 heterocycles. The minimum atomic E-state index is -4.42. The SMILES string of the molecule is CC1(C)CCC(Nc2nccc(C(F)(F)F)n2)CC1. The van der Waals surface area contributed by atoms with Gasteiger partial charge in [0.2, 0.25) is 5.95 Å². The monoisotopic (exact) mass is 273 g/mol. The molecular formula is C13H18F3N3. The van der Waals surface area contributed by atoms with Crippen molar-refractivity contribution in [3.8, 4) is 0 Å². The molecule has 106 valence electrons. The molecular weight excluding hydrogens is 255 g/mol. The summed E-state index contributed by atoms with van der Waals surface area (Å²) in [6.45, 7) is 4.42. The van der Waals surface area contributed by atoms with Gasteiger partial charge < -0.3 is 5.32 Å². The number of alkyl halides is 3. The summed E-state index contributed by atoms with van der Waals surface area (Å²) in [6.07, 6.45) is 0.714. The van der Waals surface area contributed by atoms with Gasteiger partial charge in [-0.05, 0) is 37.2 Å². The summed E-state index contributed by atoms with van der Waals surface area (Å²) in [4.78, 5) is 7.39. The van der Waals surface area contributed by atoms with E-state index >= 15 is 0 Å². The summed E-state index contributed by atoms with van der Waals surface area (Å²) < 4.78 is 37.6. The second-order valence-corrected chi connectivity index (χ2v) is 5.85. The van der Waals surface area contributed by atoms with Gasteiger partial charge in [-0.15, -0.1) is 0 Å². The summed E-state index contributed by atoms with van der Waals surface area (Å²) in [5.74, 6) is 0.0690. The topological polar surface area (TPSA) is 37.8 Å². The molecule has 6 heteroatoms. The highest BCUT2D eigenvalue weighted by atomic mass is 19.4. The van der Waals surface area contributed by atoms with E-state index < -0.39 is 11.9 Å². The fourth-order valence-electron chi connectivity index (χ4n) is 2.31. The Morgan fingerprint density at radius 1 is 1.26 bits per heavy atom. The van der Waals surface area contributed by atoms with Crippen molar-refractivity contribution >= 4 is 5.95 Å². The van der Waals surface area contributed by atoms with Crippen molar-refractivity contribution in [2.24, 2.45) is 5.41 Å². The number of hydrogen-bond donors (Lipinski definition) is 1. The van der Waals surface area contributed by atoms with Crippen LogP contribution in [0.25, 0.3) is 0 Å². The third-order valence-electron chi connectivity index (χ3n) is 3.62. The van der Waals surface area contributed by atoms with Crippen molar-refractivity contribution in [3.05, 3.63) is 18.0 Å². The van der Waals surface area contributed by atoms with Crippen LogP contribution >= 0.6 is 0 Å². The van der Waals surface area contributed by atoms with Crippen LogP contribution in [0.4, 0.5) is 19.1 Å². The Kier molecular flexibility index (Phi) is 3.69. The molecule has 0 aliphatic heterocycles. The number of nitrogens with one attached hydrogen (secondary N) is 1. The van der Waals surface area contributed by atoms with Gasteiger partial charge in [-0.25, -0.2) is 9.97 Å². The molecule has 0 radical (unpaired) electrons. The molecule has 19 heavy (non-hydrogen) atoms. The van der Waals surface area contributed by atoms with Crippen LogP contribution in [0.1, 0.15) is 45.2 Å². The lowest BCUT2D eigenvalue weighted by Crippen LogP contribution is -2.30. The maximum atomic E-state index is 12.5. The minimum Gasteiger partial charge on any atom is -0.351 e. The van der Waals surface area contributed by atoms with Gasteiger partial charge in [0.25, 0.3) is 0 Å². The first-order valence-electron chi connectivity index (χ1n) is 6.43. The molecule has 0 unspecified atom stereocenters. The molecule has 0 saturated heterocycles. The van der Waals surface area contributed by atoms with E-state index in [1.54, 1.807) is 0 Å². The summed E-state index contributed by atoms with van der Waals surface area (Å²) in [7, 11) is 0. The van der Waals surface area contributed by atoms with Crippen LogP contribution in [0.5, 0.6) is 0 Å². The maximum absolute atomic E-state index is 12.5. The second-order valence-electron chi connectivity index (χ2n) is 5.85. The van der Waals surface area contributed by atoms with E-state index in [-0.39, 0.29) is 12.0 Å². The molecule has 1 saturated carbocycles. The lowest BCUT2D eigenvalue weighted by molar-refractivity contribution is -0.141. The van der Waals surface area contributed by atoms with Crippen LogP contribution in [0.2, 0.25) is 0 Å². The van der Waals surface area contributed by atoms with E-state index in [2.05, 4.69) is 29.1 Å². The third kappa shape index (κ3) is 3.81. The van der Waals surface area contributed by atoms with Crippen LogP contribution in [0.15, 0.2) is 12.3 Å². The fourth-order valence-corrected chi connectivity index (χ4v) is 2.31. The number of nitrogens with zero attached hydrogens (tertiary/aromatic N) is 2. The zero-order chi connectivity index (χ0) is 14.1. The van der Waals surface area contributed by atoms with Crippen molar-refractivity contribution in [2.75, 3.05) is 5.32 Å². The van der Waals surface area contributed by atoms with E-state index in [0.717, 1.165) is 37.9 Å². The lowest BCUT2D eigenvalue weighted by Gasteiger charge is -2.34. The van der Waals surface area contributed by atoms with Gasteiger partial charge in [-0.2, -0.15) is 13.2 Å². The highest BCUT2D eigenvalue weighted by Gasteiger charge is 2.33. The second kappa shape index (κ2) is 4.98. The Balaban J connectivity index is 2.00. The summed E-state index contributed by atoms with van der Waals surface area (Å²) in [5.41, 5.74) is -0.575. The largest absolute Gasteiger partial charge is 0.433 e. The fraction of sp³-hybridized carbons (Fsp3) is 0.692. The molecule has 2 rings (SSSR count). The molecule has 1 aliphatic carbocycles. The highest BCUT2D eigenvalue weighted by Crippen LogP contribution is 2.36. The number of rotatable bonds is 2. The third-order valence-corrected chi connectivity index (χ3v) is 3.62. The molecule has 1 fully saturated rings. The summed E-state index contributed by atoms with van der Waals surface area (Å²) in [5, 5.41) is 3.01. The van der Waals surface area contributed by atoms with Crippen molar-refractivity contribution in [1.29, 1.82) is 0 Å². The van der Waals surface area contributed by atoms with E-state index in [0.29, 0.717) is 5.41 Å². The Morgan fingerprint density at radius 3 is 2.47 bits per heavy atom. The first kappa shape index (κ1) is 14.1. The van der Waals surface area contributed by atoms with Crippen molar-refractivity contribution in [1.82, 2.24) is 9.97 Å². The predicted molar refractivity (Wildman–Crippen MR) is 66.7 cm³/mol. The quantitative estimate of drug-likeness (QED) is 0.888. The molecule has 0 amide bonds. The van der Waals surface area contributed by atoms with Gasteiger partial charge in [-0.3, -0.25) is 0 Å². The first-order chi connectivity index (χ1) is 8.76. The van der Waals surface area contributed by atoms with E-state index in [4.69, 9.17) is 0 Å². The minimum absolute atomic E-state index is 0.0690. The Labute approximate surface area is 110 Å². The summed E-state index contributed by atoms with van der Waals surface area (Å²) in [6, 6.07) is 1.05. The van der Waals surface area contributed by atoms with E-state index in [9.17, 15) is 13.2 Å². The van der Waals surface area contributed by atoms with Crippen molar-refractivity contribution in [3.63, 3.8) is 0 Å². The molecule has 1 N–H and O–H groups in total. The Hall–Kier alpha value is -1.33. The zero-order valence-electron chi connectivity index (χ0n) is 11.1. The van der Waals surface area contributed by atoms with E-state index in [1.807, 2.05) is 0 Å². The van der Waals surface area contributed by atoms with Crippen molar-refractivity contribution < 1.29 is 13.2 Å². The average molecular weight is 273 g/mol. The number of aromatic nitrogens is 2. The van der Waals surface area contributed by atoms with Crippen molar-refractivity contribution in [2.45, 2.75) is 51.7 Å². The van der Waals surface area contributed by atoms with Gasteiger partial charge in [0, 0.05) is 12.2 Å². The lowest BCUT2D eigenvalue weighted by atomic mass is 9.76. The smallest absolute Gasteiger partial charge is 0.351 e. The molecule has 1 aliphatic rings. The van der Waals surface area contributed by atoms with Crippen LogP contribution in [0.3, 0.4) is 0 Å². The maximum Gasteiger partial charge on any atom is 0.433 e. The number of halogens is 3. The van der Waals surface area contributed by atoms with Gasteiger partial charge in [0.15, 0.2) is 0 Å². The molecule has 0 bridgehead atoms. The zero-order valence-corrected chi connectivity index (χ0v) is 11.1. The van der Waals surface area contributed by atoms with E-state index in [1.165, 1.54) is 0 Å². The Bertz CT molecular complexity index is 433. The molecule has 3 nitrogen and oxygen atoms in total. The molecule has 0 spiro atoms. The average Bonchev–Trinajstić information content (AvgIpc) is 2.31. The van der Waals surface area contributed by atoms with Crippen LogP contribution in [0, 0.1) is 5.41 Å². The summed E-state index contributed by atoms with van der Waals surface area (Å²) >= 11 is 0. The molecule has 1 aromatic heterocycles. The molecule has 0 atom stereocenters. The van der Waals surface area contributed by atoms with Crippen LogP contribution in [-0.2, 0) is 6.18 Å². The van der Waals surface area contributed by atoms with Crippen LogP contribution in [-0.4, -0.2) is 16.0 Å². The molecule has 1 aromatic rings. The number of anilines is 1. The standard InChI is InChI=1S/C13H18F3N3/c1-12(2)6-3-9(4-7-12)18-11-17-8-5-10(19-11)13(14,15)16/h5,8-9H,3-4,6-7H2,1-2H3,(H,17,18,19). The number of hydrogen-bond acceptors (Lipinski definition) is 3. The van der Waals surface area contributed by atoms with Gasteiger partial charge in [0.05, 0.1) is 0 Å². The Morgan fingerprint density at radius 2 is 1.89 bits per heavy atom. The molecule has 0 aromatic carbocycles. The van der Waals surface area contributed by atoms with Gasteiger partial charge in [0.1, 0.15) is 5.69 Å². The van der Waals surface area contributed by atoms with Crippen LogP contribution < -0.4 is 5.32 Å². The first-order valence-corrected chi connectivity index (χ1v) is 6.43. The highest BCUT2D eigenvalue weighted by molar-refractivity contribution is 5.27. The van der Waals surface area contributed by atoms with Gasteiger partial charge >= 0.3 is 6.18 Å². The normalized spacial score (nSPS) is 20.3.